The van der Waals surface area contributed by atoms with Crippen molar-refractivity contribution < 1.29 is 19.8 Å². The Morgan fingerprint density at radius 1 is 1.00 bits per heavy atom. The van der Waals surface area contributed by atoms with E-state index in [9.17, 15) is 19.8 Å². The standard InChI is InChI=1S/C21H18ClNO4S/c22-11-5-6-14-12(7-11)13(8-28-14)15-16(20(24)25)18(9-1-2-9)23-19(10-3-4-10)17(15)21(26)27/h5-10,15,23H,1-4H2,(H,24,25)(H,26,27). The number of carboxylic acids is 2. The van der Waals surface area contributed by atoms with Gasteiger partial charge in [0.25, 0.3) is 0 Å². The van der Waals surface area contributed by atoms with E-state index < -0.39 is 17.9 Å². The van der Waals surface area contributed by atoms with Crippen LogP contribution in [0.1, 0.15) is 37.2 Å². The average Bonchev–Trinajstić information content (AvgIpc) is 3.56. The third kappa shape index (κ3) is 2.83. The van der Waals surface area contributed by atoms with Crippen LogP contribution in [0.15, 0.2) is 46.1 Å². The average molecular weight is 416 g/mol. The van der Waals surface area contributed by atoms with Crippen LogP contribution in [0.4, 0.5) is 0 Å². The highest BCUT2D eigenvalue weighted by molar-refractivity contribution is 7.17. The molecular formula is C21H18ClNO4S. The summed E-state index contributed by atoms with van der Waals surface area (Å²) in [6, 6.07) is 5.49. The van der Waals surface area contributed by atoms with Gasteiger partial charge in [-0.25, -0.2) is 9.59 Å². The van der Waals surface area contributed by atoms with Crippen molar-refractivity contribution in [3.05, 3.63) is 56.7 Å². The lowest BCUT2D eigenvalue weighted by atomic mass is 9.78. The lowest BCUT2D eigenvalue weighted by Crippen LogP contribution is -2.34. The minimum absolute atomic E-state index is 0.170. The number of thiophene rings is 1. The summed E-state index contributed by atoms with van der Waals surface area (Å²) in [7, 11) is 0. The highest BCUT2D eigenvalue weighted by Gasteiger charge is 2.46. The van der Waals surface area contributed by atoms with Gasteiger partial charge in [0.05, 0.1) is 17.1 Å². The molecule has 144 valence electrons. The van der Waals surface area contributed by atoms with Gasteiger partial charge < -0.3 is 15.5 Å². The van der Waals surface area contributed by atoms with Crippen LogP contribution in [-0.2, 0) is 9.59 Å². The molecule has 2 aliphatic carbocycles. The quantitative estimate of drug-likeness (QED) is 0.656. The molecule has 7 heteroatoms. The summed E-state index contributed by atoms with van der Waals surface area (Å²) in [5.74, 6) is -2.57. The molecule has 3 aliphatic rings. The predicted molar refractivity (Wildman–Crippen MR) is 107 cm³/mol. The number of allylic oxidation sites excluding steroid dienone is 2. The maximum Gasteiger partial charge on any atom is 0.334 e. The van der Waals surface area contributed by atoms with Crippen molar-refractivity contribution in [2.24, 2.45) is 11.8 Å². The molecule has 5 nitrogen and oxygen atoms in total. The monoisotopic (exact) mass is 415 g/mol. The number of aliphatic carboxylic acids is 2. The van der Waals surface area contributed by atoms with Crippen molar-refractivity contribution in [2.75, 3.05) is 0 Å². The molecule has 0 radical (unpaired) electrons. The van der Waals surface area contributed by atoms with Gasteiger partial charge in [0, 0.05) is 21.1 Å². The normalized spacial score (nSPS) is 20.6. The number of carboxylic acid groups (broad SMARTS) is 2. The zero-order valence-corrected chi connectivity index (χ0v) is 16.4. The number of rotatable bonds is 5. The second-order valence-corrected chi connectivity index (χ2v) is 9.05. The second kappa shape index (κ2) is 6.36. The van der Waals surface area contributed by atoms with E-state index in [2.05, 4.69) is 5.32 Å². The molecule has 0 saturated heterocycles. The zero-order chi connectivity index (χ0) is 19.6. The second-order valence-electron chi connectivity index (χ2n) is 7.70. The fraction of sp³-hybridized carbons (Fsp3) is 0.333. The topological polar surface area (TPSA) is 86.6 Å². The number of dihydropyridines is 1. The van der Waals surface area contributed by atoms with Gasteiger partial charge in [-0.1, -0.05) is 11.6 Å². The van der Waals surface area contributed by atoms with Crippen molar-refractivity contribution in [1.82, 2.24) is 5.32 Å². The fourth-order valence-corrected chi connectivity index (χ4v) is 5.30. The molecule has 0 bridgehead atoms. The minimum Gasteiger partial charge on any atom is -0.478 e. The molecule has 2 saturated carbocycles. The molecule has 28 heavy (non-hydrogen) atoms. The number of carbonyl (C=O) groups is 2. The predicted octanol–water partition coefficient (Wildman–Crippen LogP) is 4.74. The molecule has 3 N–H and O–H groups in total. The lowest BCUT2D eigenvalue weighted by Gasteiger charge is -2.31. The summed E-state index contributed by atoms with van der Waals surface area (Å²) < 4.78 is 0.966. The van der Waals surface area contributed by atoms with E-state index in [1.807, 2.05) is 11.4 Å². The van der Waals surface area contributed by atoms with E-state index in [-0.39, 0.29) is 23.0 Å². The van der Waals surface area contributed by atoms with Crippen molar-refractivity contribution in [1.29, 1.82) is 0 Å². The number of benzene rings is 1. The summed E-state index contributed by atoms with van der Waals surface area (Å²) in [5, 5.41) is 26.7. The van der Waals surface area contributed by atoms with Gasteiger partial charge in [-0.3, -0.25) is 0 Å². The van der Waals surface area contributed by atoms with Crippen molar-refractivity contribution >= 4 is 45.0 Å². The molecule has 1 aromatic carbocycles. The Hall–Kier alpha value is -2.31. The van der Waals surface area contributed by atoms with Crippen LogP contribution >= 0.6 is 22.9 Å². The number of halogens is 1. The number of hydrogen-bond acceptors (Lipinski definition) is 4. The smallest absolute Gasteiger partial charge is 0.334 e. The Morgan fingerprint density at radius 3 is 2.07 bits per heavy atom. The van der Waals surface area contributed by atoms with E-state index in [1.54, 1.807) is 12.1 Å². The molecule has 2 aromatic rings. The van der Waals surface area contributed by atoms with Gasteiger partial charge >= 0.3 is 11.9 Å². The van der Waals surface area contributed by atoms with E-state index in [0.717, 1.165) is 41.3 Å². The van der Waals surface area contributed by atoms with Gasteiger partial charge in [0.2, 0.25) is 0 Å². The van der Waals surface area contributed by atoms with Gasteiger partial charge in [0.1, 0.15) is 0 Å². The van der Waals surface area contributed by atoms with E-state index in [1.165, 1.54) is 11.3 Å². The maximum absolute atomic E-state index is 12.3. The Morgan fingerprint density at radius 2 is 1.57 bits per heavy atom. The Bertz CT molecular complexity index is 1050. The maximum atomic E-state index is 12.3. The van der Waals surface area contributed by atoms with Crippen LogP contribution in [0.2, 0.25) is 5.02 Å². The largest absolute Gasteiger partial charge is 0.478 e. The van der Waals surface area contributed by atoms with Crippen LogP contribution in [0.3, 0.4) is 0 Å². The number of fused-ring (bicyclic) bond motifs is 1. The fourth-order valence-electron chi connectivity index (χ4n) is 4.16. The first-order valence-electron chi connectivity index (χ1n) is 9.34. The Balaban J connectivity index is 1.79. The van der Waals surface area contributed by atoms with Crippen molar-refractivity contribution in [2.45, 2.75) is 31.6 Å². The number of nitrogens with one attached hydrogen (secondary N) is 1. The van der Waals surface area contributed by atoms with E-state index in [0.29, 0.717) is 16.4 Å². The van der Waals surface area contributed by atoms with E-state index >= 15 is 0 Å². The summed E-state index contributed by atoms with van der Waals surface area (Å²) in [5.41, 5.74) is 2.46. The van der Waals surface area contributed by atoms with Crippen LogP contribution in [0, 0.1) is 11.8 Å². The van der Waals surface area contributed by atoms with Crippen molar-refractivity contribution in [3.8, 4) is 0 Å². The summed E-state index contributed by atoms with van der Waals surface area (Å²) in [6.45, 7) is 0. The molecule has 0 spiro atoms. The highest BCUT2D eigenvalue weighted by Crippen LogP contribution is 2.51. The molecule has 0 atom stereocenters. The third-order valence-corrected chi connectivity index (χ3v) is 6.95. The molecule has 5 rings (SSSR count). The molecule has 0 unspecified atom stereocenters. The van der Waals surface area contributed by atoms with Gasteiger partial charge in [-0.15, -0.1) is 11.3 Å². The SMILES string of the molecule is O=C(O)C1=C(C2CC2)NC(C2CC2)=C(C(=O)O)C1c1csc2ccc(Cl)cc12. The molecular weight excluding hydrogens is 398 g/mol. The first kappa shape index (κ1) is 17.8. The Kier molecular flexibility index (Phi) is 4.03. The molecule has 2 fully saturated rings. The van der Waals surface area contributed by atoms with Crippen LogP contribution in [0.25, 0.3) is 10.1 Å². The molecule has 0 amide bonds. The summed E-state index contributed by atoms with van der Waals surface area (Å²) in [4.78, 5) is 24.7. The number of hydrogen-bond donors (Lipinski definition) is 3. The molecule has 1 aliphatic heterocycles. The minimum atomic E-state index is -1.06. The first-order chi connectivity index (χ1) is 13.5. The summed E-state index contributed by atoms with van der Waals surface area (Å²) >= 11 is 7.68. The van der Waals surface area contributed by atoms with Crippen molar-refractivity contribution in [3.63, 3.8) is 0 Å². The highest BCUT2D eigenvalue weighted by atomic mass is 35.5. The zero-order valence-electron chi connectivity index (χ0n) is 14.9. The van der Waals surface area contributed by atoms with Crippen LogP contribution in [0.5, 0.6) is 0 Å². The van der Waals surface area contributed by atoms with Crippen LogP contribution < -0.4 is 5.32 Å². The molecule has 2 heterocycles. The summed E-state index contributed by atoms with van der Waals surface area (Å²) in [6.07, 6.45) is 3.73. The Labute approximate surface area is 170 Å². The van der Waals surface area contributed by atoms with E-state index in [4.69, 9.17) is 11.6 Å². The molecule has 1 aromatic heterocycles. The van der Waals surface area contributed by atoms with Gasteiger partial charge in [0.15, 0.2) is 0 Å². The first-order valence-corrected chi connectivity index (χ1v) is 10.6. The van der Waals surface area contributed by atoms with Gasteiger partial charge in [-0.05, 0) is 72.0 Å². The van der Waals surface area contributed by atoms with Crippen LogP contribution in [-0.4, -0.2) is 22.2 Å². The lowest BCUT2D eigenvalue weighted by molar-refractivity contribution is -0.133. The third-order valence-electron chi connectivity index (χ3n) is 5.74. The van der Waals surface area contributed by atoms with Gasteiger partial charge in [-0.2, -0.15) is 0 Å².